The third kappa shape index (κ3) is 3.31. The standard InChI is InChI=1S/C16H14ClF2N3O2/c17-10-5-3-9(4-6-10)11-8-12(14(18)19)21-16(20-11)22-7-1-2-13(22)15(23)24/h3-6,8,13-14H,1-2,7H2,(H,23,24)/t13-/m0/s1. The van der Waals surface area contributed by atoms with Crippen LogP contribution in [-0.4, -0.2) is 33.6 Å². The van der Waals surface area contributed by atoms with Crippen LogP contribution in [0.1, 0.15) is 25.0 Å². The summed E-state index contributed by atoms with van der Waals surface area (Å²) in [4.78, 5) is 21.0. The summed E-state index contributed by atoms with van der Waals surface area (Å²) in [6.07, 6.45) is -1.69. The molecule has 0 saturated carbocycles. The molecule has 1 aliphatic heterocycles. The van der Waals surface area contributed by atoms with Gasteiger partial charge in [-0.1, -0.05) is 23.7 Å². The van der Waals surface area contributed by atoms with Crippen molar-refractivity contribution >= 4 is 23.5 Å². The van der Waals surface area contributed by atoms with Crippen LogP contribution in [0.4, 0.5) is 14.7 Å². The molecule has 1 atom stereocenters. The van der Waals surface area contributed by atoms with Crippen LogP contribution in [0.2, 0.25) is 5.02 Å². The molecule has 126 valence electrons. The molecule has 1 aromatic carbocycles. The second-order valence-electron chi connectivity index (χ2n) is 5.48. The lowest BCUT2D eigenvalue weighted by Crippen LogP contribution is -2.37. The molecule has 0 spiro atoms. The molecular weight excluding hydrogens is 340 g/mol. The normalized spacial score (nSPS) is 17.5. The summed E-state index contributed by atoms with van der Waals surface area (Å²) < 4.78 is 26.4. The highest BCUT2D eigenvalue weighted by molar-refractivity contribution is 6.30. The molecule has 0 aliphatic carbocycles. The predicted octanol–water partition coefficient (Wildman–Crippen LogP) is 3.79. The Kier molecular flexibility index (Phi) is 4.62. The number of benzene rings is 1. The van der Waals surface area contributed by atoms with Gasteiger partial charge in [-0.2, -0.15) is 0 Å². The zero-order chi connectivity index (χ0) is 17.3. The average Bonchev–Trinajstić information content (AvgIpc) is 3.05. The summed E-state index contributed by atoms with van der Waals surface area (Å²) in [6.45, 7) is 0.420. The summed E-state index contributed by atoms with van der Waals surface area (Å²) in [6, 6.07) is 7.03. The first-order valence-electron chi connectivity index (χ1n) is 7.38. The number of hydrogen-bond acceptors (Lipinski definition) is 4. The molecule has 5 nitrogen and oxygen atoms in total. The van der Waals surface area contributed by atoms with Crippen LogP contribution in [-0.2, 0) is 4.79 Å². The number of hydrogen-bond donors (Lipinski definition) is 1. The van der Waals surface area contributed by atoms with Crippen LogP contribution in [0.3, 0.4) is 0 Å². The van der Waals surface area contributed by atoms with Crippen molar-refractivity contribution < 1.29 is 18.7 Å². The van der Waals surface area contributed by atoms with E-state index < -0.39 is 24.1 Å². The van der Waals surface area contributed by atoms with Gasteiger partial charge >= 0.3 is 5.97 Å². The Hall–Kier alpha value is -2.28. The Morgan fingerprint density at radius 1 is 1.29 bits per heavy atom. The summed E-state index contributed by atoms with van der Waals surface area (Å²) >= 11 is 5.84. The third-order valence-corrected chi connectivity index (χ3v) is 4.14. The Morgan fingerprint density at radius 3 is 2.62 bits per heavy atom. The fourth-order valence-electron chi connectivity index (χ4n) is 2.72. The van der Waals surface area contributed by atoms with Crippen molar-refractivity contribution in [1.29, 1.82) is 0 Å². The van der Waals surface area contributed by atoms with E-state index in [1.807, 2.05) is 0 Å². The van der Waals surface area contributed by atoms with Crippen LogP contribution in [0, 0.1) is 0 Å². The van der Waals surface area contributed by atoms with Crippen molar-refractivity contribution in [3.63, 3.8) is 0 Å². The summed E-state index contributed by atoms with van der Waals surface area (Å²) in [5.74, 6) is -0.991. The Labute approximate surface area is 141 Å². The van der Waals surface area contributed by atoms with E-state index in [4.69, 9.17) is 11.6 Å². The van der Waals surface area contributed by atoms with Gasteiger partial charge in [-0.25, -0.2) is 23.5 Å². The van der Waals surface area contributed by atoms with Crippen LogP contribution < -0.4 is 4.90 Å². The van der Waals surface area contributed by atoms with Crippen molar-refractivity contribution in [2.45, 2.75) is 25.3 Å². The highest BCUT2D eigenvalue weighted by Gasteiger charge is 2.33. The van der Waals surface area contributed by atoms with E-state index in [9.17, 15) is 18.7 Å². The minimum absolute atomic E-state index is 0.0163. The number of aromatic nitrogens is 2. The lowest BCUT2D eigenvalue weighted by Gasteiger charge is -2.22. The van der Waals surface area contributed by atoms with Gasteiger partial charge in [-0.05, 0) is 31.0 Å². The lowest BCUT2D eigenvalue weighted by atomic mass is 10.1. The van der Waals surface area contributed by atoms with Gasteiger partial charge in [-0.3, -0.25) is 0 Å². The minimum Gasteiger partial charge on any atom is -0.480 e. The number of rotatable bonds is 4. The lowest BCUT2D eigenvalue weighted by molar-refractivity contribution is -0.138. The highest BCUT2D eigenvalue weighted by Crippen LogP contribution is 2.29. The molecule has 1 aliphatic rings. The minimum atomic E-state index is -2.77. The van der Waals surface area contributed by atoms with Crippen molar-refractivity contribution in [3.8, 4) is 11.3 Å². The fraction of sp³-hybridized carbons (Fsp3) is 0.312. The fourth-order valence-corrected chi connectivity index (χ4v) is 2.85. The van der Waals surface area contributed by atoms with Crippen LogP contribution >= 0.6 is 11.6 Å². The zero-order valence-electron chi connectivity index (χ0n) is 12.5. The maximum absolute atomic E-state index is 13.2. The number of carbonyl (C=O) groups is 1. The molecule has 1 N–H and O–H groups in total. The molecule has 1 saturated heterocycles. The second kappa shape index (κ2) is 6.68. The van der Waals surface area contributed by atoms with Gasteiger partial charge in [0.2, 0.25) is 5.95 Å². The van der Waals surface area contributed by atoms with E-state index >= 15 is 0 Å². The van der Waals surface area contributed by atoms with Crippen molar-refractivity contribution in [3.05, 3.63) is 41.0 Å². The van der Waals surface area contributed by atoms with Gasteiger partial charge in [0, 0.05) is 17.1 Å². The number of carboxylic acids is 1. The molecule has 1 aromatic heterocycles. The number of halogens is 3. The molecule has 0 radical (unpaired) electrons. The quantitative estimate of drug-likeness (QED) is 0.905. The molecule has 1 fully saturated rings. The molecule has 0 bridgehead atoms. The zero-order valence-corrected chi connectivity index (χ0v) is 13.2. The largest absolute Gasteiger partial charge is 0.480 e. The van der Waals surface area contributed by atoms with Gasteiger partial charge < -0.3 is 10.0 Å². The van der Waals surface area contributed by atoms with Crippen molar-refractivity contribution in [2.24, 2.45) is 0 Å². The first-order chi connectivity index (χ1) is 11.5. The summed E-state index contributed by atoms with van der Waals surface area (Å²) in [5, 5.41) is 9.80. The molecule has 0 amide bonds. The molecule has 3 rings (SSSR count). The van der Waals surface area contributed by atoms with Crippen LogP contribution in [0.5, 0.6) is 0 Å². The van der Waals surface area contributed by atoms with Gasteiger partial charge in [0.05, 0.1) is 5.69 Å². The summed E-state index contributed by atoms with van der Waals surface area (Å²) in [7, 11) is 0. The van der Waals surface area contributed by atoms with Crippen LogP contribution in [0.15, 0.2) is 30.3 Å². The van der Waals surface area contributed by atoms with E-state index in [1.165, 1.54) is 11.0 Å². The van der Waals surface area contributed by atoms with E-state index in [0.717, 1.165) is 0 Å². The SMILES string of the molecule is O=C(O)[C@@H]1CCCN1c1nc(-c2ccc(Cl)cc2)cc(C(F)F)n1. The Bertz CT molecular complexity index is 755. The smallest absolute Gasteiger partial charge is 0.326 e. The molecule has 8 heteroatoms. The van der Waals surface area contributed by atoms with E-state index in [0.29, 0.717) is 35.7 Å². The Balaban J connectivity index is 2.06. The predicted molar refractivity (Wildman–Crippen MR) is 85.4 cm³/mol. The van der Waals surface area contributed by atoms with E-state index in [1.54, 1.807) is 24.3 Å². The Morgan fingerprint density at radius 2 is 2.00 bits per heavy atom. The number of aliphatic carboxylic acids is 1. The first-order valence-corrected chi connectivity index (χ1v) is 7.76. The van der Waals surface area contributed by atoms with Gasteiger partial charge in [0.1, 0.15) is 11.7 Å². The second-order valence-corrected chi connectivity index (χ2v) is 5.91. The van der Waals surface area contributed by atoms with Crippen molar-refractivity contribution in [1.82, 2.24) is 9.97 Å². The van der Waals surface area contributed by atoms with Gasteiger partial charge in [0.25, 0.3) is 6.43 Å². The molecule has 2 heterocycles. The summed E-state index contributed by atoms with van der Waals surface area (Å²) in [5.41, 5.74) is 0.486. The molecule has 24 heavy (non-hydrogen) atoms. The topological polar surface area (TPSA) is 66.3 Å². The third-order valence-electron chi connectivity index (χ3n) is 3.89. The maximum Gasteiger partial charge on any atom is 0.326 e. The first kappa shape index (κ1) is 16.6. The number of nitrogens with zero attached hydrogens (tertiary/aromatic N) is 3. The van der Waals surface area contributed by atoms with E-state index in [-0.39, 0.29) is 5.95 Å². The monoisotopic (exact) mass is 353 g/mol. The molecular formula is C16H14ClF2N3O2. The maximum atomic E-state index is 13.2. The van der Waals surface area contributed by atoms with Gasteiger partial charge in [0.15, 0.2) is 0 Å². The van der Waals surface area contributed by atoms with Crippen molar-refractivity contribution in [2.75, 3.05) is 11.4 Å². The number of carboxylic acid groups (broad SMARTS) is 1. The van der Waals surface area contributed by atoms with Crippen LogP contribution in [0.25, 0.3) is 11.3 Å². The molecule has 2 aromatic rings. The number of alkyl halides is 2. The number of anilines is 1. The van der Waals surface area contributed by atoms with Gasteiger partial charge in [-0.15, -0.1) is 0 Å². The van der Waals surface area contributed by atoms with E-state index in [2.05, 4.69) is 9.97 Å². The molecule has 0 unspecified atom stereocenters. The average molecular weight is 354 g/mol. The highest BCUT2D eigenvalue weighted by atomic mass is 35.5.